The molecule has 0 unspecified atom stereocenters. The Balaban J connectivity index is 3.35. The average molecular weight is 226 g/mol. The van der Waals surface area contributed by atoms with E-state index in [-0.39, 0.29) is 6.61 Å². The number of nitrogens with zero attached hydrogens (tertiary/aromatic N) is 1. The fraction of sp³-hybridized carbons (Fsp3) is 0.778. The van der Waals surface area contributed by atoms with Crippen molar-refractivity contribution in [3.63, 3.8) is 0 Å². The number of halogens is 2. The highest BCUT2D eigenvalue weighted by molar-refractivity contribution is 6.36. The zero-order valence-corrected chi connectivity index (χ0v) is 9.48. The largest absolute Gasteiger partial charge is 0.396 e. The molecule has 0 spiro atoms. The third-order valence-electron chi connectivity index (χ3n) is 1.74. The van der Waals surface area contributed by atoms with Crippen molar-refractivity contribution in [2.75, 3.05) is 26.7 Å². The number of likely N-dealkylation sites (N-methyl/N-ethyl adjacent to an activating group) is 1. The van der Waals surface area contributed by atoms with Crippen LogP contribution in [0.4, 0.5) is 0 Å². The van der Waals surface area contributed by atoms with Crippen molar-refractivity contribution >= 4 is 23.2 Å². The molecule has 0 heterocycles. The normalized spacial score (nSPS) is 12.5. The van der Waals surface area contributed by atoms with Crippen molar-refractivity contribution in [1.82, 2.24) is 4.90 Å². The summed E-state index contributed by atoms with van der Waals surface area (Å²) in [6, 6.07) is 0. The van der Waals surface area contributed by atoms with Gasteiger partial charge in [-0.05, 0) is 32.9 Å². The van der Waals surface area contributed by atoms with Crippen LogP contribution < -0.4 is 0 Å². The Labute approximate surface area is 90.1 Å². The first kappa shape index (κ1) is 13.2. The van der Waals surface area contributed by atoms with Gasteiger partial charge in [-0.2, -0.15) is 0 Å². The van der Waals surface area contributed by atoms with Gasteiger partial charge in [-0.25, -0.2) is 0 Å². The molecule has 0 bridgehead atoms. The van der Waals surface area contributed by atoms with E-state index in [2.05, 4.69) is 4.90 Å². The fourth-order valence-corrected chi connectivity index (χ4v) is 1.31. The first-order valence-corrected chi connectivity index (χ1v) is 5.26. The van der Waals surface area contributed by atoms with E-state index in [1.165, 1.54) is 5.54 Å². The molecule has 0 saturated heterocycles. The number of rotatable bonds is 7. The number of hydrogen-bond acceptors (Lipinski definition) is 2. The topological polar surface area (TPSA) is 23.5 Å². The molecule has 0 amide bonds. The second kappa shape index (κ2) is 8.82. The van der Waals surface area contributed by atoms with Crippen molar-refractivity contribution in [3.05, 3.63) is 10.6 Å². The zero-order chi connectivity index (χ0) is 10.1. The van der Waals surface area contributed by atoms with Crippen LogP contribution in [0, 0.1) is 0 Å². The maximum absolute atomic E-state index is 8.55. The van der Waals surface area contributed by atoms with E-state index in [0.717, 1.165) is 25.8 Å². The van der Waals surface area contributed by atoms with Gasteiger partial charge in [-0.1, -0.05) is 23.2 Å². The van der Waals surface area contributed by atoms with Crippen LogP contribution in [0.3, 0.4) is 0 Å². The van der Waals surface area contributed by atoms with E-state index in [1.807, 2.05) is 7.05 Å². The lowest BCUT2D eigenvalue weighted by Gasteiger charge is -2.15. The molecule has 0 saturated carbocycles. The van der Waals surface area contributed by atoms with Gasteiger partial charge in [0.25, 0.3) is 0 Å². The molecule has 13 heavy (non-hydrogen) atoms. The number of unbranched alkanes of at least 4 members (excludes halogenated alkanes) is 2. The van der Waals surface area contributed by atoms with E-state index in [4.69, 9.17) is 28.3 Å². The van der Waals surface area contributed by atoms with Crippen LogP contribution in [0.1, 0.15) is 19.3 Å². The molecule has 0 aliphatic carbocycles. The van der Waals surface area contributed by atoms with Gasteiger partial charge in [0.05, 0.1) is 0 Å². The smallest absolute Gasteiger partial charge is 0.0434 e. The molecule has 0 radical (unpaired) electrons. The van der Waals surface area contributed by atoms with Crippen molar-refractivity contribution in [2.45, 2.75) is 19.3 Å². The molecule has 0 aromatic carbocycles. The molecule has 78 valence electrons. The maximum atomic E-state index is 8.55. The Kier molecular flexibility index (Phi) is 8.98. The average Bonchev–Trinajstić information content (AvgIpc) is 2.12. The van der Waals surface area contributed by atoms with E-state index in [1.54, 1.807) is 0 Å². The molecule has 2 nitrogen and oxygen atoms in total. The maximum Gasteiger partial charge on any atom is 0.0434 e. The van der Waals surface area contributed by atoms with Crippen molar-refractivity contribution in [1.29, 1.82) is 0 Å². The fourth-order valence-electron chi connectivity index (χ4n) is 1.04. The molecule has 0 rings (SSSR count). The quantitative estimate of drug-likeness (QED) is 0.674. The lowest BCUT2D eigenvalue weighted by molar-refractivity contribution is 0.276. The molecular formula is C9H17Cl2NO. The van der Waals surface area contributed by atoms with Crippen LogP contribution in [0.5, 0.6) is 0 Å². The van der Waals surface area contributed by atoms with E-state index >= 15 is 0 Å². The molecule has 0 aliphatic heterocycles. The Morgan fingerprint density at radius 3 is 2.62 bits per heavy atom. The lowest BCUT2D eigenvalue weighted by atomic mass is 10.2. The highest BCUT2D eigenvalue weighted by Gasteiger charge is 1.99. The zero-order valence-electron chi connectivity index (χ0n) is 7.97. The molecule has 0 aliphatic rings. The van der Waals surface area contributed by atoms with Gasteiger partial charge in [-0.3, -0.25) is 0 Å². The standard InChI is InChI=1S/C9H17Cl2NO/c1-12(8-9(11)7-10)5-3-2-4-6-13/h7,13H,2-6,8H2,1H3. The van der Waals surface area contributed by atoms with Crippen LogP contribution in [0.15, 0.2) is 10.6 Å². The van der Waals surface area contributed by atoms with E-state index in [0.29, 0.717) is 11.6 Å². The van der Waals surface area contributed by atoms with Crippen molar-refractivity contribution in [3.8, 4) is 0 Å². The van der Waals surface area contributed by atoms with Crippen LogP contribution in [-0.2, 0) is 0 Å². The highest BCUT2D eigenvalue weighted by atomic mass is 35.5. The third-order valence-corrected chi connectivity index (χ3v) is 2.34. The summed E-state index contributed by atoms with van der Waals surface area (Å²) in [7, 11) is 2.00. The second-order valence-electron chi connectivity index (χ2n) is 3.08. The summed E-state index contributed by atoms with van der Waals surface area (Å²) in [4.78, 5) is 2.11. The summed E-state index contributed by atoms with van der Waals surface area (Å²) in [6.07, 6.45) is 3.03. The summed E-state index contributed by atoms with van der Waals surface area (Å²) in [5.74, 6) is 0. The summed E-state index contributed by atoms with van der Waals surface area (Å²) in [5.41, 5.74) is 1.39. The summed E-state index contributed by atoms with van der Waals surface area (Å²) in [6.45, 7) is 1.97. The highest BCUT2D eigenvalue weighted by Crippen LogP contribution is 2.06. The van der Waals surface area contributed by atoms with Gasteiger partial charge < -0.3 is 10.0 Å². The molecule has 0 atom stereocenters. The number of aliphatic hydroxyl groups excluding tert-OH is 1. The van der Waals surface area contributed by atoms with Crippen LogP contribution in [0.2, 0.25) is 0 Å². The van der Waals surface area contributed by atoms with E-state index < -0.39 is 0 Å². The summed E-state index contributed by atoms with van der Waals surface area (Å²) < 4.78 is 0. The van der Waals surface area contributed by atoms with Gasteiger partial charge >= 0.3 is 0 Å². The Hall–Kier alpha value is 0.240. The number of hydrogen-bond donors (Lipinski definition) is 1. The monoisotopic (exact) mass is 225 g/mol. The molecular weight excluding hydrogens is 209 g/mol. The first-order valence-electron chi connectivity index (χ1n) is 4.45. The van der Waals surface area contributed by atoms with Crippen molar-refractivity contribution < 1.29 is 5.11 Å². The molecule has 0 fully saturated rings. The van der Waals surface area contributed by atoms with Crippen molar-refractivity contribution in [2.24, 2.45) is 0 Å². The number of aliphatic hydroxyl groups is 1. The lowest BCUT2D eigenvalue weighted by Crippen LogP contribution is -2.21. The van der Waals surface area contributed by atoms with Crippen LogP contribution >= 0.6 is 23.2 Å². The minimum Gasteiger partial charge on any atom is -0.396 e. The van der Waals surface area contributed by atoms with Gasteiger partial charge in [0.1, 0.15) is 0 Å². The summed E-state index contributed by atoms with van der Waals surface area (Å²) >= 11 is 11.2. The second-order valence-corrected chi connectivity index (χ2v) is 3.78. The SMILES string of the molecule is CN(CCCCCO)CC(Cl)=CCl. The summed E-state index contributed by atoms with van der Waals surface area (Å²) in [5, 5.41) is 9.21. The van der Waals surface area contributed by atoms with E-state index in [9.17, 15) is 0 Å². The Morgan fingerprint density at radius 1 is 1.38 bits per heavy atom. The van der Waals surface area contributed by atoms with Crippen LogP contribution in [0.25, 0.3) is 0 Å². The molecule has 0 aromatic heterocycles. The molecule has 1 N–H and O–H groups in total. The third kappa shape index (κ3) is 8.57. The predicted octanol–water partition coefficient (Wildman–Crippen LogP) is 2.40. The van der Waals surface area contributed by atoms with Crippen LogP contribution in [-0.4, -0.2) is 36.8 Å². The Morgan fingerprint density at radius 2 is 2.08 bits per heavy atom. The van der Waals surface area contributed by atoms with Gasteiger partial charge in [0.15, 0.2) is 0 Å². The first-order chi connectivity index (χ1) is 6.20. The molecule has 4 heteroatoms. The van der Waals surface area contributed by atoms with Gasteiger partial charge in [0.2, 0.25) is 0 Å². The molecule has 0 aromatic rings. The Bertz CT molecular complexity index is 151. The predicted molar refractivity (Wildman–Crippen MR) is 58.2 cm³/mol. The van der Waals surface area contributed by atoms with Gasteiger partial charge in [0, 0.05) is 23.7 Å². The minimum absolute atomic E-state index is 0.284. The van der Waals surface area contributed by atoms with Gasteiger partial charge in [-0.15, -0.1) is 0 Å². The minimum atomic E-state index is 0.284.